The zero-order chi connectivity index (χ0) is 17.3. The van der Waals surface area contributed by atoms with Crippen LogP contribution in [0.5, 0.6) is 0 Å². The highest BCUT2D eigenvalue weighted by Gasteiger charge is 2.63. The number of rotatable bonds is 1. The van der Waals surface area contributed by atoms with E-state index in [4.69, 9.17) is 5.41 Å². The number of hydrogen-bond donors (Lipinski definition) is 1. The summed E-state index contributed by atoms with van der Waals surface area (Å²) in [7, 11) is 0. The number of halogens is 1. The van der Waals surface area contributed by atoms with E-state index in [1.54, 1.807) is 0 Å². The van der Waals surface area contributed by atoms with E-state index in [1.807, 2.05) is 0 Å². The summed E-state index contributed by atoms with van der Waals surface area (Å²) in [6, 6.07) is 0. The summed E-state index contributed by atoms with van der Waals surface area (Å²) in [5.41, 5.74) is 0.876. The van der Waals surface area contributed by atoms with E-state index in [-0.39, 0.29) is 11.7 Å². The van der Waals surface area contributed by atoms with Gasteiger partial charge in [-0.2, -0.15) is 0 Å². The van der Waals surface area contributed by atoms with E-state index in [0.29, 0.717) is 35.5 Å². The Morgan fingerprint density at radius 2 is 1.88 bits per heavy atom. The molecule has 0 spiro atoms. The molecule has 24 heavy (non-hydrogen) atoms. The lowest BCUT2D eigenvalue weighted by molar-refractivity contribution is -0.140. The summed E-state index contributed by atoms with van der Waals surface area (Å²) in [5, 5.41) is 8.40. The highest BCUT2D eigenvalue weighted by molar-refractivity contribution is 5.91. The first-order valence-electron chi connectivity index (χ1n) is 10.1. The zero-order valence-corrected chi connectivity index (χ0v) is 15.4. The molecule has 0 aliphatic heterocycles. The van der Waals surface area contributed by atoms with Gasteiger partial charge in [-0.1, -0.05) is 20.8 Å². The molecule has 2 nitrogen and oxygen atoms in total. The summed E-state index contributed by atoms with van der Waals surface area (Å²) < 4.78 is 14.2. The van der Waals surface area contributed by atoms with E-state index < -0.39 is 11.6 Å². The predicted octanol–water partition coefficient (Wildman–Crippen LogP) is 5.20. The molecule has 0 radical (unpaired) electrons. The number of Topliss-reactive ketones (excluding diaryl/α,β-unsaturated/α-hetero) is 1. The molecule has 4 saturated carbocycles. The Kier molecular flexibility index (Phi) is 3.75. The van der Waals surface area contributed by atoms with Crippen LogP contribution in [-0.2, 0) is 4.79 Å². The van der Waals surface area contributed by atoms with Gasteiger partial charge < -0.3 is 5.41 Å². The van der Waals surface area contributed by atoms with Crippen molar-refractivity contribution >= 4 is 11.5 Å². The summed E-state index contributed by atoms with van der Waals surface area (Å²) >= 11 is 0. The van der Waals surface area contributed by atoms with Gasteiger partial charge in [0.1, 0.15) is 0 Å². The molecule has 0 aromatic carbocycles. The normalized spacial score (nSPS) is 54.2. The first-order valence-corrected chi connectivity index (χ1v) is 10.1. The maximum absolute atomic E-state index is 14.2. The number of carbonyl (C=O) groups is 1. The Hall–Kier alpha value is -0.730. The van der Waals surface area contributed by atoms with Crippen LogP contribution < -0.4 is 0 Å². The molecule has 8 atom stereocenters. The third-order valence-electron chi connectivity index (χ3n) is 8.95. The average molecular weight is 333 g/mol. The van der Waals surface area contributed by atoms with Gasteiger partial charge in [0, 0.05) is 11.1 Å². The number of hydrogen-bond acceptors (Lipinski definition) is 2. The van der Waals surface area contributed by atoms with Crippen molar-refractivity contribution < 1.29 is 9.18 Å². The SMILES string of the molecule is CC[C@H]1C(=N)CC[C@]2(C)C3CC[C@]4(C)C(=O)C(F)CC4C3CCC12. The third-order valence-corrected chi connectivity index (χ3v) is 8.95. The summed E-state index contributed by atoms with van der Waals surface area (Å²) in [6.07, 6.45) is 6.72. The highest BCUT2D eigenvalue weighted by atomic mass is 19.1. The molecule has 0 amide bonds. The Labute approximate surface area is 145 Å². The van der Waals surface area contributed by atoms with Crippen molar-refractivity contribution in [1.29, 1.82) is 5.41 Å². The molecule has 4 fully saturated rings. The van der Waals surface area contributed by atoms with Gasteiger partial charge in [-0.15, -0.1) is 0 Å². The monoisotopic (exact) mass is 333 g/mol. The van der Waals surface area contributed by atoms with Crippen molar-refractivity contribution in [3.63, 3.8) is 0 Å². The molecule has 3 heteroatoms. The predicted molar refractivity (Wildman–Crippen MR) is 93.9 cm³/mol. The fraction of sp³-hybridized carbons (Fsp3) is 0.905. The first kappa shape index (κ1) is 16.7. The fourth-order valence-electron chi connectivity index (χ4n) is 7.63. The van der Waals surface area contributed by atoms with Crippen LogP contribution >= 0.6 is 0 Å². The smallest absolute Gasteiger partial charge is 0.173 e. The van der Waals surface area contributed by atoms with Crippen LogP contribution in [-0.4, -0.2) is 17.7 Å². The van der Waals surface area contributed by atoms with E-state index in [1.165, 1.54) is 6.42 Å². The minimum Gasteiger partial charge on any atom is -0.309 e. The first-order chi connectivity index (χ1) is 11.3. The van der Waals surface area contributed by atoms with Gasteiger partial charge in [0.25, 0.3) is 0 Å². The Morgan fingerprint density at radius 3 is 2.58 bits per heavy atom. The number of alkyl halides is 1. The number of carbonyl (C=O) groups excluding carboxylic acids is 1. The molecule has 4 aliphatic rings. The van der Waals surface area contributed by atoms with Crippen molar-refractivity contribution in [3.05, 3.63) is 0 Å². The minimum absolute atomic E-state index is 0.102. The third kappa shape index (κ3) is 1.99. The Balaban J connectivity index is 1.67. The topological polar surface area (TPSA) is 40.9 Å². The number of nitrogens with one attached hydrogen (secondary N) is 1. The van der Waals surface area contributed by atoms with Gasteiger partial charge >= 0.3 is 0 Å². The fourth-order valence-corrected chi connectivity index (χ4v) is 7.63. The highest BCUT2D eigenvalue weighted by Crippen LogP contribution is 2.66. The quantitative estimate of drug-likeness (QED) is 0.704. The van der Waals surface area contributed by atoms with Crippen LogP contribution in [0.3, 0.4) is 0 Å². The maximum atomic E-state index is 14.2. The van der Waals surface area contributed by atoms with E-state index in [0.717, 1.165) is 44.2 Å². The lowest BCUT2D eigenvalue weighted by atomic mass is 9.43. The van der Waals surface area contributed by atoms with Crippen molar-refractivity contribution in [3.8, 4) is 0 Å². The minimum atomic E-state index is -1.22. The van der Waals surface area contributed by atoms with E-state index >= 15 is 0 Å². The van der Waals surface area contributed by atoms with Crippen molar-refractivity contribution in [2.45, 2.75) is 78.3 Å². The average Bonchev–Trinajstić information content (AvgIpc) is 2.79. The van der Waals surface area contributed by atoms with Crippen LogP contribution in [0.1, 0.15) is 72.1 Å². The summed E-state index contributed by atoms with van der Waals surface area (Å²) in [4.78, 5) is 12.4. The summed E-state index contributed by atoms with van der Waals surface area (Å²) in [5.74, 6) is 2.41. The van der Waals surface area contributed by atoms with Gasteiger partial charge in [0.05, 0.1) is 0 Å². The lowest BCUT2D eigenvalue weighted by Crippen LogP contribution is -2.55. The number of ketones is 1. The Morgan fingerprint density at radius 1 is 1.12 bits per heavy atom. The standard InChI is InChI=1S/C21H32FNO/c1-4-12-14-6-5-13-15(20(14,2)10-8-18(12)23)7-9-21(3)16(13)11-17(22)19(21)24/h12-17,23H,4-11H2,1-3H3/t12-,13?,14?,15?,16?,17?,20+,21+/m1/s1. The van der Waals surface area contributed by atoms with Crippen molar-refractivity contribution in [2.75, 3.05) is 0 Å². The van der Waals surface area contributed by atoms with E-state index in [2.05, 4.69) is 20.8 Å². The second-order valence-corrected chi connectivity index (χ2v) is 9.63. The van der Waals surface area contributed by atoms with Crippen molar-refractivity contribution in [1.82, 2.24) is 0 Å². The molecule has 1 N–H and O–H groups in total. The molecule has 4 rings (SSSR count). The molecular formula is C21H32FNO. The van der Waals surface area contributed by atoms with Crippen LogP contribution in [0.2, 0.25) is 0 Å². The summed E-state index contributed by atoms with van der Waals surface area (Å²) in [6.45, 7) is 6.75. The van der Waals surface area contributed by atoms with Crippen molar-refractivity contribution in [2.24, 2.45) is 40.4 Å². The molecule has 134 valence electrons. The number of fused-ring (bicyclic) bond motifs is 5. The molecule has 0 aromatic heterocycles. The van der Waals surface area contributed by atoms with Gasteiger partial charge in [-0.3, -0.25) is 4.79 Å². The molecule has 0 saturated heterocycles. The van der Waals surface area contributed by atoms with E-state index in [9.17, 15) is 9.18 Å². The molecule has 0 bridgehead atoms. The lowest BCUT2D eigenvalue weighted by Gasteiger charge is -2.61. The molecule has 0 heterocycles. The van der Waals surface area contributed by atoms with Gasteiger partial charge in [-0.25, -0.2) is 4.39 Å². The van der Waals surface area contributed by atoms with Gasteiger partial charge in [0.15, 0.2) is 12.0 Å². The van der Waals surface area contributed by atoms with Crippen LogP contribution in [0.4, 0.5) is 4.39 Å². The largest absolute Gasteiger partial charge is 0.309 e. The molecule has 5 unspecified atom stereocenters. The Bertz CT molecular complexity index is 574. The van der Waals surface area contributed by atoms with Gasteiger partial charge in [0.2, 0.25) is 0 Å². The molecular weight excluding hydrogens is 301 g/mol. The van der Waals surface area contributed by atoms with Gasteiger partial charge in [-0.05, 0) is 86.4 Å². The second kappa shape index (κ2) is 5.38. The van der Waals surface area contributed by atoms with Crippen LogP contribution in [0, 0.1) is 45.8 Å². The van der Waals surface area contributed by atoms with Crippen LogP contribution in [0.25, 0.3) is 0 Å². The second-order valence-electron chi connectivity index (χ2n) is 9.63. The molecule has 0 aromatic rings. The maximum Gasteiger partial charge on any atom is 0.173 e. The molecule has 4 aliphatic carbocycles. The zero-order valence-electron chi connectivity index (χ0n) is 15.4. The van der Waals surface area contributed by atoms with Crippen LogP contribution in [0.15, 0.2) is 0 Å².